The lowest BCUT2D eigenvalue weighted by Gasteiger charge is -2.23. The van der Waals surface area contributed by atoms with Crippen LogP contribution in [0, 0.1) is 10.8 Å². The number of aliphatic hydroxyl groups excluding tert-OH is 1. The molecular weight excluding hydrogens is 208 g/mol. The first-order chi connectivity index (χ1) is 7.64. The fourth-order valence-electron chi connectivity index (χ4n) is 1.19. The predicted molar refractivity (Wildman–Crippen MR) is 77.1 cm³/mol. The summed E-state index contributed by atoms with van der Waals surface area (Å²) in [6.07, 6.45) is 7.61. The molecule has 98 valence electrons. The standard InChI is InChI=1S/C16H28O/c1-8-15(4,5)12-14(17)11-10-13(3)16(6,7)9-2/h10-12,17H,3,8-9H2,1-2,4-7H3/b11-10-,14-12-. The molecule has 0 unspecified atom stereocenters. The monoisotopic (exact) mass is 236 g/mol. The van der Waals surface area contributed by atoms with Crippen LogP contribution in [0.4, 0.5) is 0 Å². The lowest BCUT2D eigenvalue weighted by atomic mass is 9.82. The Morgan fingerprint density at radius 3 is 2.00 bits per heavy atom. The Morgan fingerprint density at radius 2 is 1.59 bits per heavy atom. The Kier molecular flexibility index (Phi) is 5.74. The molecule has 0 heterocycles. The summed E-state index contributed by atoms with van der Waals surface area (Å²) < 4.78 is 0. The smallest absolute Gasteiger partial charge is 0.112 e. The van der Waals surface area contributed by atoms with Crippen LogP contribution in [-0.4, -0.2) is 5.11 Å². The molecule has 0 fully saturated rings. The lowest BCUT2D eigenvalue weighted by Crippen LogP contribution is -2.10. The van der Waals surface area contributed by atoms with Gasteiger partial charge in [0.25, 0.3) is 0 Å². The zero-order chi connectivity index (χ0) is 13.7. The maximum absolute atomic E-state index is 9.84. The van der Waals surface area contributed by atoms with Gasteiger partial charge in [-0.2, -0.15) is 0 Å². The van der Waals surface area contributed by atoms with Crippen molar-refractivity contribution >= 4 is 0 Å². The third-order valence-electron chi connectivity index (χ3n) is 3.66. The van der Waals surface area contributed by atoms with Crippen LogP contribution in [0.3, 0.4) is 0 Å². The van der Waals surface area contributed by atoms with Gasteiger partial charge in [0.15, 0.2) is 0 Å². The van der Waals surface area contributed by atoms with E-state index in [4.69, 9.17) is 0 Å². The highest BCUT2D eigenvalue weighted by Gasteiger charge is 2.17. The van der Waals surface area contributed by atoms with Crippen LogP contribution in [0.1, 0.15) is 54.4 Å². The van der Waals surface area contributed by atoms with Crippen molar-refractivity contribution < 1.29 is 5.11 Å². The zero-order valence-electron chi connectivity index (χ0n) is 12.3. The van der Waals surface area contributed by atoms with Gasteiger partial charge in [0, 0.05) is 0 Å². The molecule has 1 heteroatoms. The summed E-state index contributed by atoms with van der Waals surface area (Å²) in [5.41, 5.74) is 1.18. The molecule has 0 rings (SSSR count). The van der Waals surface area contributed by atoms with E-state index >= 15 is 0 Å². The minimum Gasteiger partial charge on any atom is -0.508 e. The summed E-state index contributed by atoms with van der Waals surface area (Å²) in [7, 11) is 0. The molecule has 0 amide bonds. The summed E-state index contributed by atoms with van der Waals surface area (Å²) in [6.45, 7) is 16.9. The molecule has 0 aliphatic heterocycles. The van der Waals surface area contributed by atoms with Crippen molar-refractivity contribution in [2.24, 2.45) is 10.8 Å². The fraction of sp³-hybridized carbons (Fsp3) is 0.625. The highest BCUT2D eigenvalue weighted by atomic mass is 16.3. The van der Waals surface area contributed by atoms with Crippen molar-refractivity contribution in [2.75, 3.05) is 0 Å². The lowest BCUT2D eigenvalue weighted by molar-refractivity contribution is 0.391. The Labute approximate surface area is 107 Å². The Morgan fingerprint density at radius 1 is 1.06 bits per heavy atom. The second-order valence-corrected chi connectivity index (χ2v) is 6.01. The third kappa shape index (κ3) is 5.76. The van der Waals surface area contributed by atoms with E-state index in [1.165, 1.54) is 0 Å². The average Bonchev–Trinajstić information content (AvgIpc) is 2.25. The van der Waals surface area contributed by atoms with Crippen molar-refractivity contribution in [3.05, 3.63) is 36.1 Å². The second-order valence-electron chi connectivity index (χ2n) is 6.01. The maximum atomic E-state index is 9.84. The number of rotatable bonds is 6. The highest BCUT2D eigenvalue weighted by molar-refractivity contribution is 5.27. The minimum absolute atomic E-state index is 0.0377. The van der Waals surface area contributed by atoms with Crippen molar-refractivity contribution in [1.29, 1.82) is 0 Å². The van der Waals surface area contributed by atoms with Gasteiger partial charge < -0.3 is 5.11 Å². The van der Waals surface area contributed by atoms with E-state index in [9.17, 15) is 5.11 Å². The number of allylic oxidation sites excluding steroid dienone is 4. The summed E-state index contributed by atoms with van der Waals surface area (Å²) in [4.78, 5) is 0. The van der Waals surface area contributed by atoms with Crippen LogP contribution in [0.2, 0.25) is 0 Å². The molecular formula is C16H28O. The largest absolute Gasteiger partial charge is 0.508 e. The summed E-state index contributed by atoms with van der Waals surface area (Å²) in [5.74, 6) is 0.324. The molecule has 0 bridgehead atoms. The molecule has 0 aromatic heterocycles. The number of hydrogen-bond donors (Lipinski definition) is 1. The first kappa shape index (κ1) is 16.0. The minimum atomic E-state index is 0.0377. The van der Waals surface area contributed by atoms with Gasteiger partial charge >= 0.3 is 0 Å². The molecule has 1 nitrogen and oxygen atoms in total. The van der Waals surface area contributed by atoms with Gasteiger partial charge in [-0.05, 0) is 41.4 Å². The van der Waals surface area contributed by atoms with E-state index in [2.05, 4.69) is 48.1 Å². The van der Waals surface area contributed by atoms with E-state index in [0.29, 0.717) is 5.76 Å². The van der Waals surface area contributed by atoms with Gasteiger partial charge in [-0.25, -0.2) is 0 Å². The van der Waals surface area contributed by atoms with Gasteiger partial charge in [-0.15, -0.1) is 0 Å². The summed E-state index contributed by atoms with van der Waals surface area (Å²) in [6, 6.07) is 0. The molecule has 0 atom stereocenters. The van der Waals surface area contributed by atoms with Crippen LogP contribution in [-0.2, 0) is 0 Å². The predicted octanol–water partition coefficient (Wildman–Crippen LogP) is 5.41. The first-order valence-corrected chi connectivity index (χ1v) is 6.44. The van der Waals surface area contributed by atoms with Gasteiger partial charge in [0.2, 0.25) is 0 Å². The van der Waals surface area contributed by atoms with Crippen molar-refractivity contribution in [2.45, 2.75) is 54.4 Å². The SMILES string of the molecule is C=C(/C=C\C(O)=C\C(C)(C)CC)C(C)(C)CC. The normalized spacial score (nSPS) is 14.4. The Hall–Kier alpha value is -0.980. The quantitative estimate of drug-likeness (QED) is 0.482. The summed E-state index contributed by atoms with van der Waals surface area (Å²) in [5, 5.41) is 9.84. The maximum Gasteiger partial charge on any atom is 0.112 e. The molecule has 0 saturated carbocycles. The topological polar surface area (TPSA) is 20.2 Å². The molecule has 17 heavy (non-hydrogen) atoms. The van der Waals surface area contributed by atoms with E-state index in [1.54, 1.807) is 6.08 Å². The van der Waals surface area contributed by atoms with Crippen LogP contribution in [0.5, 0.6) is 0 Å². The Balaban J connectivity index is 4.71. The number of aliphatic hydroxyl groups is 1. The van der Waals surface area contributed by atoms with E-state index < -0.39 is 0 Å². The second kappa shape index (κ2) is 6.09. The average molecular weight is 236 g/mol. The van der Waals surface area contributed by atoms with Crippen LogP contribution in [0.25, 0.3) is 0 Å². The molecule has 0 spiro atoms. The van der Waals surface area contributed by atoms with Crippen LogP contribution in [0.15, 0.2) is 36.1 Å². The zero-order valence-corrected chi connectivity index (χ0v) is 12.3. The molecule has 0 aromatic carbocycles. The van der Waals surface area contributed by atoms with Gasteiger partial charge in [-0.1, -0.05) is 54.2 Å². The molecule has 1 N–H and O–H groups in total. The van der Waals surface area contributed by atoms with E-state index in [0.717, 1.165) is 18.4 Å². The van der Waals surface area contributed by atoms with Crippen molar-refractivity contribution in [3.8, 4) is 0 Å². The molecule has 0 aromatic rings. The van der Waals surface area contributed by atoms with E-state index in [-0.39, 0.29) is 10.8 Å². The van der Waals surface area contributed by atoms with Gasteiger partial charge in [0.1, 0.15) is 5.76 Å². The van der Waals surface area contributed by atoms with Gasteiger partial charge in [-0.3, -0.25) is 0 Å². The Bertz CT molecular complexity index is 316. The molecule has 0 aliphatic carbocycles. The van der Waals surface area contributed by atoms with Crippen molar-refractivity contribution in [1.82, 2.24) is 0 Å². The fourth-order valence-corrected chi connectivity index (χ4v) is 1.19. The van der Waals surface area contributed by atoms with Crippen LogP contribution < -0.4 is 0 Å². The van der Waals surface area contributed by atoms with Crippen molar-refractivity contribution in [3.63, 3.8) is 0 Å². The first-order valence-electron chi connectivity index (χ1n) is 6.44. The summed E-state index contributed by atoms with van der Waals surface area (Å²) >= 11 is 0. The third-order valence-corrected chi connectivity index (χ3v) is 3.66. The van der Waals surface area contributed by atoms with Gasteiger partial charge in [0.05, 0.1) is 0 Å². The molecule has 0 aliphatic rings. The highest BCUT2D eigenvalue weighted by Crippen LogP contribution is 2.30. The van der Waals surface area contributed by atoms with E-state index in [1.807, 2.05) is 12.2 Å². The molecule has 0 radical (unpaired) electrons. The number of hydrogen-bond acceptors (Lipinski definition) is 1. The van der Waals surface area contributed by atoms with Crippen LogP contribution >= 0.6 is 0 Å². The molecule has 0 saturated heterocycles.